The number of pyridine rings is 1. The number of rotatable bonds is 4. The molecule has 5 heteroatoms. The summed E-state index contributed by atoms with van der Waals surface area (Å²) in [5, 5.41) is 0.899. The van der Waals surface area contributed by atoms with E-state index in [-0.39, 0.29) is 0 Å². The van der Waals surface area contributed by atoms with Gasteiger partial charge in [0.25, 0.3) is 0 Å². The van der Waals surface area contributed by atoms with Gasteiger partial charge < -0.3 is 10.2 Å². The summed E-state index contributed by atoms with van der Waals surface area (Å²) in [6.45, 7) is 0.595. The summed E-state index contributed by atoms with van der Waals surface area (Å²) in [5.41, 5.74) is 7.42. The molecule has 3 aromatic rings. The maximum absolute atomic E-state index is 5.66. The van der Waals surface area contributed by atoms with Gasteiger partial charge in [-0.3, -0.25) is 4.98 Å². The number of nitrogens with two attached hydrogens (primary N) is 1. The third kappa shape index (κ3) is 2.43. The van der Waals surface area contributed by atoms with Crippen LogP contribution in [0.15, 0.2) is 47.2 Å². The molecule has 3 rings (SSSR count). The Morgan fingerprint density at radius 2 is 2.16 bits per heavy atom. The molecule has 0 bridgehead atoms. The SMILES string of the molecule is NCCc1sc(-c2ccccn2)nc1-c1ccco1. The van der Waals surface area contributed by atoms with E-state index < -0.39 is 0 Å². The highest BCUT2D eigenvalue weighted by molar-refractivity contribution is 7.15. The zero-order valence-electron chi connectivity index (χ0n) is 10.2. The van der Waals surface area contributed by atoms with Crippen LogP contribution < -0.4 is 5.73 Å². The fourth-order valence-electron chi connectivity index (χ4n) is 1.86. The molecule has 0 aliphatic rings. The summed E-state index contributed by atoms with van der Waals surface area (Å²) in [6.07, 6.45) is 4.22. The van der Waals surface area contributed by atoms with E-state index in [4.69, 9.17) is 10.2 Å². The Hall–Kier alpha value is -1.98. The lowest BCUT2D eigenvalue weighted by atomic mass is 10.2. The average Bonchev–Trinajstić information content (AvgIpc) is 3.09. The summed E-state index contributed by atoms with van der Waals surface area (Å²) >= 11 is 1.62. The van der Waals surface area contributed by atoms with Gasteiger partial charge in [-0.1, -0.05) is 6.07 Å². The van der Waals surface area contributed by atoms with Crippen LogP contribution in [0.2, 0.25) is 0 Å². The van der Waals surface area contributed by atoms with Gasteiger partial charge in [0.05, 0.1) is 12.0 Å². The highest BCUT2D eigenvalue weighted by atomic mass is 32.1. The molecule has 0 aliphatic heterocycles. The van der Waals surface area contributed by atoms with Gasteiger partial charge in [-0.15, -0.1) is 11.3 Å². The number of nitrogens with zero attached hydrogens (tertiary/aromatic N) is 2. The molecule has 3 aromatic heterocycles. The average molecular weight is 271 g/mol. The number of thiazole rings is 1. The van der Waals surface area contributed by atoms with Crippen molar-refractivity contribution in [2.45, 2.75) is 6.42 Å². The Kier molecular flexibility index (Phi) is 3.39. The van der Waals surface area contributed by atoms with Crippen LogP contribution in [0.5, 0.6) is 0 Å². The van der Waals surface area contributed by atoms with E-state index in [0.29, 0.717) is 6.54 Å². The van der Waals surface area contributed by atoms with E-state index in [9.17, 15) is 0 Å². The predicted octanol–water partition coefficient (Wildman–Crippen LogP) is 2.97. The number of furan rings is 1. The lowest BCUT2D eigenvalue weighted by molar-refractivity contribution is 0.580. The van der Waals surface area contributed by atoms with Crippen molar-refractivity contribution in [1.29, 1.82) is 0 Å². The maximum atomic E-state index is 5.66. The van der Waals surface area contributed by atoms with Crippen LogP contribution >= 0.6 is 11.3 Å². The van der Waals surface area contributed by atoms with Crippen molar-refractivity contribution in [2.24, 2.45) is 5.73 Å². The Balaban J connectivity index is 2.07. The van der Waals surface area contributed by atoms with E-state index in [2.05, 4.69) is 9.97 Å². The second-order valence-corrected chi connectivity index (χ2v) is 5.11. The van der Waals surface area contributed by atoms with Crippen LogP contribution in [0.25, 0.3) is 22.2 Å². The molecule has 0 atom stereocenters. The molecule has 3 heterocycles. The first-order valence-corrected chi connectivity index (χ1v) is 6.85. The molecule has 0 fully saturated rings. The minimum Gasteiger partial charge on any atom is -0.463 e. The van der Waals surface area contributed by atoms with Gasteiger partial charge in [0, 0.05) is 11.1 Å². The van der Waals surface area contributed by atoms with Crippen LogP contribution in [0.1, 0.15) is 4.88 Å². The Labute approximate surface area is 114 Å². The second-order valence-electron chi connectivity index (χ2n) is 4.02. The van der Waals surface area contributed by atoms with Crippen LogP contribution in [0, 0.1) is 0 Å². The number of aromatic nitrogens is 2. The monoisotopic (exact) mass is 271 g/mol. The van der Waals surface area contributed by atoms with Crippen molar-refractivity contribution in [2.75, 3.05) is 6.54 Å². The largest absolute Gasteiger partial charge is 0.463 e. The van der Waals surface area contributed by atoms with Gasteiger partial charge in [0.15, 0.2) is 5.76 Å². The standard InChI is InChI=1S/C14H13N3OS/c15-7-6-12-13(11-5-3-9-18-11)17-14(19-12)10-4-1-2-8-16-10/h1-5,8-9H,6-7,15H2. The van der Waals surface area contributed by atoms with Crippen molar-refractivity contribution >= 4 is 11.3 Å². The Morgan fingerprint density at radius 3 is 2.84 bits per heavy atom. The molecule has 96 valence electrons. The van der Waals surface area contributed by atoms with Gasteiger partial charge in [-0.05, 0) is 37.2 Å². The van der Waals surface area contributed by atoms with Gasteiger partial charge in [-0.2, -0.15) is 0 Å². The van der Waals surface area contributed by atoms with E-state index in [0.717, 1.165) is 33.5 Å². The third-order valence-electron chi connectivity index (χ3n) is 2.71. The topological polar surface area (TPSA) is 64.9 Å². The minimum atomic E-state index is 0.595. The molecule has 0 aliphatic carbocycles. The van der Waals surface area contributed by atoms with E-state index >= 15 is 0 Å². The molecule has 0 saturated heterocycles. The first kappa shape index (κ1) is 12.1. The van der Waals surface area contributed by atoms with Crippen LogP contribution in [0.4, 0.5) is 0 Å². The summed E-state index contributed by atoms with van der Waals surface area (Å²) in [4.78, 5) is 10.1. The third-order valence-corrected chi connectivity index (χ3v) is 3.84. The van der Waals surface area contributed by atoms with Gasteiger partial charge in [0.1, 0.15) is 10.7 Å². The molecule has 0 saturated carbocycles. The van der Waals surface area contributed by atoms with Gasteiger partial charge >= 0.3 is 0 Å². The molecule has 0 unspecified atom stereocenters. The minimum absolute atomic E-state index is 0.595. The summed E-state index contributed by atoms with van der Waals surface area (Å²) in [6, 6.07) is 9.58. The second kappa shape index (κ2) is 5.34. The number of hydrogen-bond acceptors (Lipinski definition) is 5. The van der Waals surface area contributed by atoms with Crippen LogP contribution in [-0.2, 0) is 6.42 Å². The Morgan fingerprint density at radius 1 is 1.21 bits per heavy atom. The van der Waals surface area contributed by atoms with Crippen molar-refractivity contribution in [3.63, 3.8) is 0 Å². The number of hydrogen-bond donors (Lipinski definition) is 1. The lowest BCUT2D eigenvalue weighted by Gasteiger charge is -1.95. The van der Waals surface area contributed by atoms with Crippen molar-refractivity contribution in [1.82, 2.24) is 9.97 Å². The molecule has 19 heavy (non-hydrogen) atoms. The zero-order valence-corrected chi connectivity index (χ0v) is 11.1. The predicted molar refractivity (Wildman–Crippen MR) is 75.8 cm³/mol. The quantitative estimate of drug-likeness (QED) is 0.792. The molecule has 4 nitrogen and oxygen atoms in total. The van der Waals surface area contributed by atoms with Crippen LogP contribution in [0.3, 0.4) is 0 Å². The molecule has 0 aromatic carbocycles. The summed E-state index contributed by atoms with van der Waals surface area (Å²) < 4.78 is 5.44. The first-order chi connectivity index (χ1) is 9.38. The van der Waals surface area contributed by atoms with Gasteiger partial charge in [-0.25, -0.2) is 4.98 Å². The molecular weight excluding hydrogens is 258 g/mol. The summed E-state index contributed by atoms with van der Waals surface area (Å²) in [5.74, 6) is 0.780. The van der Waals surface area contributed by atoms with Gasteiger partial charge in [0.2, 0.25) is 0 Å². The molecule has 0 spiro atoms. The highest BCUT2D eigenvalue weighted by Gasteiger charge is 2.16. The van der Waals surface area contributed by atoms with E-state index in [1.165, 1.54) is 0 Å². The normalized spacial score (nSPS) is 10.8. The van der Waals surface area contributed by atoms with Crippen LogP contribution in [-0.4, -0.2) is 16.5 Å². The summed E-state index contributed by atoms with van der Waals surface area (Å²) in [7, 11) is 0. The van der Waals surface area contributed by atoms with Crippen molar-refractivity contribution in [3.05, 3.63) is 47.7 Å². The molecular formula is C14H13N3OS. The highest BCUT2D eigenvalue weighted by Crippen LogP contribution is 2.33. The van der Waals surface area contributed by atoms with E-state index in [1.54, 1.807) is 23.8 Å². The Bertz CT molecular complexity index is 647. The molecule has 2 N–H and O–H groups in total. The first-order valence-electron chi connectivity index (χ1n) is 6.03. The zero-order chi connectivity index (χ0) is 13.1. The smallest absolute Gasteiger partial charge is 0.153 e. The van der Waals surface area contributed by atoms with E-state index in [1.807, 2.05) is 30.3 Å². The lowest BCUT2D eigenvalue weighted by Crippen LogP contribution is -2.01. The molecule has 0 amide bonds. The van der Waals surface area contributed by atoms with Crippen molar-refractivity contribution in [3.8, 4) is 22.2 Å². The van der Waals surface area contributed by atoms with Crippen molar-refractivity contribution < 1.29 is 4.42 Å². The fourth-order valence-corrected chi connectivity index (χ4v) is 2.92. The fraction of sp³-hybridized carbons (Fsp3) is 0.143. The molecule has 0 radical (unpaired) electrons. The maximum Gasteiger partial charge on any atom is 0.153 e.